The van der Waals surface area contributed by atoms with E-state index in [1.54, 1.807) is 6.20 Å². The summed E-state index contributed by atoms with van der Waals surface area (Å²) in [7, 11) is 0. The Morgan fingerprint density at radius 3 is 2.95 bits per heavy atom. The highest BCUT2D eigenvalue weighted by atomic mass is 32.2. The predicted octanol–water partition coefficient (Wildman–Crippen LogP) is 2.21. The topological polar surface area (TPSA) is 74.7 Å². The molecule has 1 fully saturated rings. The van der Waals surface area contributed by atoms with E-state index in [0.29, 0.717) is 0 Å². The number of hydrogen-bond acceptors (Lipinski definition) is 5. The maximum atomic E-state index is 8.99. The Morgan fingerprint density at radius 2 is 2.25 bits per heavy atom. The van der Waals surface area contributed by atoms with Crippen molar-refractivity contribution in [1.29, 1.82) is 0 Å². The third-order valence-electron chi connectivity index (χ3n) is 3.64. The standard InChI is InChI=1S/C14H22N4OS/c1-10-4-6-16-13(11(10)12(15)17-19)18-7-5-14(2,3)20-9-8-18/h4,6,19H,5,7-9H2,1-3H3,(H2,15,17). The Morgan fingerprint density at radius 1 is 1.50 bits per heavy atom. The van der Waals surface area contributed by atoms with Crippen LogP contribution >= 0.6 is 11.8 Å². The molecule has 1 saturated heterocycles. The Labute approximate surface area is 124 Å². The van der Waals surface area contributed by atoms with Gasteiger partial charge in [-0.05, 0) is 25.0 Å². The summed E-state index contributed by atoms with van der Waals surface area (Å²) in [5.74, 6) is 2.00. The first kappa shape index (κ1) is 15.0. The molecular formula is C14H22N4OS. The molecule has 0 atom stereocenters. The zero-order valence-corrected chi connectivity index (χ0v) is 13.1. The number of aryl methyl sites for hydroxylation is 1. The van der Waals surface area contributed by atoms with Gasteiger partial charge in [-0.1, -0.05) is 19.0 Å². The molecule has 6 heteroatoms. The minimum atomic E-state index is 0.127. The van der Waals surface area contributed by atoms with Crippen molar-refractivity contribution in [2.75, 3.05) is 23.7 Å². The Kier molecular flexibility index (Phi) is 4.42. The molecule has 5 nitrogen and oxygen atoms in total. The number of amidine groups is 1. The SMILES string of the molecule is Cc1ccnc(N2CCSC(C)(C)CC2)c1/C(N)=N/O. The highest BCUT2D eigenvalue weighted by Crippen LogP contribution is 2.33. The van der Waals surface area contributed by atoms with E-state index >= 15 is 0 Å². The minimum absolute atomic E-state index is 0.127. The van der Waals surface area contributed by atoms with Gasteiger partial charge >= 0.3 is 0 Å². The van der Waals surface area contributed by atoms with Crippen molar-refractivity contribution in [2.45, 2.75) is 31.9 Å². The van der Waals surface area contributed by atoms with Crippen LogP contribution in [0.15, 0.2) is 17.4 Å². The Bertz CT molecular complexity index is 516. The first-order valence-corrected chi connectivity index (χ1v) is 7.75. The largest absolute Gasteiger partial charge is 0.409 e. The van der Waals surface area contributed by atoms with Crippen LogP contribution in [0.4, 0.5) is 5.82 Å². The van der Waals surface area contributed by atoms with Gasteiger partial charge in [-0.2, -0.15) is 11.8 Å². The second-order valence-corrected chi connectivity index (χ2v) is 7.46. The second-order valence-electron chi connectivity index (χ2n) is 5.66. The van der Waals surface area contributed by atoms with Gasteiger partial charge in [0.15, 0.2) is 5.84 Å². The lowest BCUT2D eigenvalue weighted by molar-refractivity contribution is 0.318. The molecule has 20 heavy (non-hydrogen) atoms. The number of thioether (sulfide) groups is 1. The Balaban J connectivity index is 2.35. The number of pyridine rings is 1. The van der Waals surface area contributed by atoms with Crippen LogP contribution in [-0.2, 0) is 0 Å². The van der Waals surface area contributed by atoms with Gasteiger partial charge in [0.2, 0.25) is 0 Å². The van der Waals surface area contributed by atoms with Gasteiger partial charge in [-0.3, -0.25) is 0 Å². The van der Waals surface area contributed by atoms with Crippen LogP contribution in [0.3, 0.4) is 0 Å². The van der Waals surface area contributed by atoms with Gasteiger partial charge in [0.1, 0.15) is 5.82 Å². The second kappa shape index (κ2) is 5.91. The monoisotopic (exact) mass is 294 g/mol. The van der Waals surface area contributed by atoms with Crippen molar-refractivity contribution in [2.24, 2.45) is 10.9 Å². The maximum absolute atomic E-state index is 8.99. The van der Waals surface area contributed by atoms with Crippen LogP contribution in [0.25, 0.3) is 0 Å². The lowest BCUT2D eigenvalue weighted by Gasteiger charge is -2.25. The van der Waals surface area contributed by atoms with Crippen molar-refractivity contribution in [3.63, 3.8) is 0 Å². The number of anilines is 1. The number of hydrogen-bond donors (Lipinski definition) is 2. The summed E-state index contributed by atoms with van der Waals surface area (Å²) in [6.45, 7) is 8.36. The van der Waals surface area contributed by atoms with E-state index in [0.717, 1.165) is 42.2 Å². The average Bonchev–Trinajstić information content (AvgIpc) is 2.58. The van der Waals surface area contributed by atoms with Gasteiger partial charge in [-0.15, -0.1) is 0 Å². The van der Waals surface area contributed by atoms with Crippen LogP contribution in [-0.4, -0.2) is 39.6 Å². The number of nitrogens with two attached hydrogens (primary N) is 1. The van der Waals surface area contributed by atoms with Crippen molar-refractivity contribution in [3.05, 3.63) is 23.4 Å². The molecule has 0 radical (unpaired) electrons. The molecule has 1 aromatic heterocycles. The van der Waals surface area contributed by atoms with Crippen LogP contribution in [0.5, 0.6) is 0 Å². The van der Waals surface area contributed by atoms with Crippen LogP contribution in [0, 0.1) is 6.92 Å². The van der Waals surface area contributed by atoms with E-state index in [4.69, 9.17) is 10.9 Å². The first-order chi connectivity index (χ1) is 9.44. The predicted molar refractivity (Wildman–Crippen MR) is 84.9 cm³/mol. The fraction of sp³-hybridized carbons (Fsp3) is 0.571. The van der Waals surface area contributed by atoms with E-state index in [1.165, 1.54) is 0 Å². The average molecular weight is 294 g/mol. The molecule has 0 bridgehead atoms. The van der Waals surface area contributed by atoms with Crippen molar-refractivity contribution in [3.8, 4) is 0 Å². The van der Waals surface area contributed by atoms with Gasteiger partial charge in [-0.25, -0.2) is 4.98 Å². The Hall–Kier alpha value is -1.43. The summed E-state index contributed by atoms with van der Waals surface area (Å²) in [6.07, 6.45) is 2.87. The number of rotatable bonds is 2. The highest BCUT2D eigenvalue weighted by Gasteiger charge is 2.26. The number of nitrogens with zero attached hydrogens (tertiary/aromatic N) is 3. The molecule has 0 unspecified atom stereocenters. The van der Waals surface area contributed by atoms with E-state index in [2.05, 4.69) is 28.9 Å². The fourth-order valence-corrected chi connectivity index (χ4v) is 3.48. The zero-order chi connectivity index (χ0) is 14.8. The van der Waals surface area contributed by atoms with Gasteiger partial charge in [0.05, 0.1) is 5.56 Å². The smallest absolute Gasteiger partial charge is 0.174 e. The molecule has 0 amide bonds. The maximum Gasteiger partial charge on any atom is 0.174 e. The summed E-state index contributed by atoms with van der Waals surface area (Å²) < 4.78 is 0.287. The summed E-state index contributed by atoms with van der Waals surface area (Å²) in [5.41, 5.74) is 7.53. The van der Waals surface area contributed by atoms with Gasteiger partial charge in [0.25, 0.3) is 0 Å². The van der Waals surface area contributed by atoms with E-state index in [9.17, 15) is 0 Å². The zero-order valence-electron chi connectivity index (χ0n) is 12.3. The summed E-state index contributed by atoms with van der Waals surface area (Å²) in [5, 5.41) is 12.1. The third-order valence-corrected chi connectivity index (χ3v) is 5.01. The van der Waals surface area contributed by atoms with Crippen LogP contribution < -0.4 is 10.6 Å². The molecule has 3 N–H and O–H groups in total. The van der Waals surface area contributed by atoms with E-state index < -0.39 is 0 Å². The molecular weight excluding hydrogens is 272 g/mol. The summed E-state index contributed by atoms with van der Waals surface area (Å²) >= 11 is 1.98. The summed E-state index contributed by atoms with van der Waals surface area (Å²) in [4.78, 5) is 6.70. The number of aromatic nitrogens is 1. The molecule has 1 aromatic rings. The van der Waals surface area contributed by atoms with Crippen LogP contribution in [0.2, 0.25) is 0 Å². The van der Waals surface area contributed by atoms with Gasteiger partial charge in [0, 0.05) is 29.8 Å². The minimum Gasteiger partial charge on any atom is -0.409 e. The third kappa shape index (κ3) is 3.17. The van der Waals surface area contributed by atoms with Crippen molar-refractivity contribution < 1.29 is 5.21 Å². The molecule has 2 rings (SSSR count). The number of oxime groups is 1. The molecule has 110 valence electrons. The molecule has 0 saturated carbocycles. The molecule has 0 aromatic carbocycles. The van der Waals surface area contributed by atoms with E-state index in [1.807, 2.05) is 24.8 Å². The van der Waals surface area contributed by atoms with E-state index in [-0.39, 0.29) is 10.6 Å². The first-order valence-electron chi connectivity index (χ1n) is 6.77. The molecule has 2 heterocycles. The molecule has 1 aliphatic rings. The van der Waals surface area contributed by atoms with Gasteiger partial charge < -0.3 is 15.8 Å². The fourth-order valence-electron chi connectivity index (χ4n) is 2.38. The molecule has 0 aliphatic carbocycles. The van der Waals surface area contributed by atoms with Crippen molar-refractivity contribution in [1.82, 2.24) is 4.98 Å². The lowest BCUT2D eigenvalue weighted by Crippen LogP contribution is -2.31. The molecule has 1 aliphatic heterocycles. The van der Waals surface area contributed by atoms with Crippen LogP contribution in [0.1, 0.15) is 31.4 Å². The van der Waals surface area contributed by atoms with Crippen molar-refractivity contribution >= 4 is 23.4 Å². The molecule has 0 spiro atoms. The lowest BCUT2D eigenvalue weighted by atomic mass is 10.1. The quantitative estimate of drug-likeness (QED) is 0.378. The summed E-state index contributed by atoms with van der Waals surface area (Å²) in [6, 6.07) is 1.88. The highest BCUT2D eigenvalue weighted by molar-refractivity contribution is 8.00. The normalized spacial score (nSPS) is 19.8.